The zero-order valence-corrected chi connectivity index (χ0v) is 25.4. The first-order chi connectivity index (χ1) is 20.8. The second kappa shape index (κ2) is 12.4. The van der Waals surface area contributed by atoms with E-state index in [1.807, 2.05) is 30.3 Å². The van der Waals surface area contributed by atoms with Crippen molar-refractivity contribution in [2.75, 3.05) is 30.3 Å². The van der Waals surface area contributed by atoms with Crippen LogP contribution in [0.4, 0.5) is 21.5 Å². The molecule has 0 amide bonds. The molecule has 12 heteroatoms. The highest BCUT2D eigenvalue weighted by Crippen LogP contribution is 2.37. The molecule has 3 aromatic carbocycles. The van der Waals surface area contributed by atoms with Gasteiger partial charge in [-0.15, -0.1) is 5.53 Å². The molecule has 2 aliphatic rings. The SMILES string of the molecule is CCN1CC[C@H](N2C=C(C(Nc3cc(Cl)c4ncc(C#N)c(Nc5ccc(F)c(Cl)c5)c4c3)c3ccc(Cl)cc3)NN2)C1. The molecule has 1 fully saturated rings. The van der Waals surface area contributed by atoms with Crippen LogP contribution in [0.5, 0.6) is 0 Å². The number of rotatable bonds is 8. The van der Waals surface area contributed by atoms with E-state index in [1.165, 1.54) is 18.3 Å². The van der Waals surface area contributed by atoms with Crippen molar-refractivity contribution >= 4 is 62.8 Å². The van der Waals surface area contributed by atoms with Crippen molar-refractivity contribution < 1.29 is 4.39 Å². The van der Waals surface area contributed by atoms with Crippen LogP contribution in [0, 0.1) is 17.1 Å². The maximum absolute atomic E-state index is 13.8. The first-order valence-electron chi connectivity index (χ1n) is 13.8. The molecular formula is C31H28Cl3FN8. The van der Waals surface area contributed by atoms with Crippen molar-refractivity contribution in [2.45, 2.75) is 25.4 Å². The van der Waals surface area contributed by atoms with Crippen LogP contribution in [0.15, 0.2) is 72.7 Å². The normalized spacial score (nSPS) is 17.4. The van der Waals surface area contributed by atoms with Crippen LogP contribution in [0.1, 0.15) is 30.5 Å². The van der Waals surface area contributed by atoms with E-state index in [0.29, 0.717) is 49.6 Å². The van der Waals surface area contributed by atoms with E-state index in [1.54, 1.807) is 12.1 Å². The molecule has 43 heavy (non-hydrogen) atoms. The maximum Gasteiger partial charge on any atom is 0.141 e. The average Bonchev–Trinajstić information content (AvgIpc) is 3.69. The van der Waals surface area contributed by atoms with Crippen LogP contribution in [-0.4, -0.2) is 40.6 Å². The summed E-state index contributed by atoms with van der Waals surface area (Å²) < 4.78 is 13.8. The van der Waals surface area contributed by atoms with Crippen molar-refractivity contribution in [3.05, 3.63) is 105 Å². The summed E-state index contributed by atoms with van der Waals surface area (Å²) in [4.78, 5) is 6.88. The molecule has 0 radical (unpaired) electrons. The van der Waals surface area contributed by atoms with Crippen molar-refractivity contribution in [1.29, 1.82) is 5.26 Å². The number of likely N-dealkylation sites (N-methyl/N-ethyl adjacent to an activating group) is 1. The fraction of sp³-hybridized carbons (Fsp3) is 0.226. The van der Waals surface area contributed by atoms with Gasteiger partial charge in [0, 0.05) is 47.3 Å². The predicted octanol–water partition coefficient (Wildman–Crippen LogP) is 7.36. The second-order valence-corrected chi connectivity index (χ2v) is 11.7. The third-order valence-corrected chi connectivity index (χ3v) is 8.58. The molecule has 4 N–H and O–H groups in total. The lowest BCUT2D eigenvalue weighted by Gasteiger charge is -2.23. The van der Waals surface area contributed by atoms with E-state index in [4.69, 9.17) is 34.8 Å². The minimum atomic E-state index is -0.534. The maximum atomic E-state index is 13.8. The van der Waals surface area contributed by atoms with Gasteiger partial charge in [-0.3, -0.25) is 9.99 Å². The van der Waals surface area contributed by atoms with Gasteiger partial charge >= 0.3 is 0 Å². The van der Waals surface area contributed by atoms with Crippen LogP contribution in [0.2, 0.25) is 15.1 Å². The number of halogens is 4. The number of aromatic nitrogens is 1. The Morgan fingerprint density at radius 2 is 1.88 bits per heavy atom. The highest BCUT2D eigenvalue weighted by atomic mass is 35.5. The van der Waals surface area contributed by atoms with Gasteiger partial charge < -0.3 is 21.0 Å². The number of likely N-dealkylation sites (tertiary alicyclic amines) is 1. The van der Waals surface area contributed by atoms with Crippen molar-refractivity contribution in [2.24, 2.45) is 0 Å². The lowest BCUT2D eigenvalue weighted by Crippen LogP contribution is -2.44. The number of fused-ring (bicyclic) bond motifs is 1. The van der Waals surface area contributed by atoms with Gasteiger partial charge in [-0.2, -0.15) is 5.26 Å². The summed E-state index contributed by atoms with van der Waals surface area (Å²) in [5.41, 5.74) is 11.1. The Morgan fingerprint density at radius 1 is 1.09 bits per heavy atom. The van der Waals surface area contributed by atoms with E-state index < -0.39 is 5.82 Å². The number of benzene rings is 3. The van der Waals surface area contributed by atoms with E-state index >= 15 is 0 Å². The molecule has 0 saturated carbocycles. The van der Waals surface area contributed by atoms with E-state index in [2.05, 4.69) is 55.7 Å². The first-order valence-corrected chi connectivity index (χ1v) is 15.0. The summed E-state index contributed by atoms with van der Waals surface area (Å²) >= 11 is 19.0. The Balaban J connectivity index is 1.38. The van der Waals surface area contributed by atoms with Crippen LogP contribution in [0.25, 0.3) is 10.9 Å². The average molecular weight is 638 g/mol. The van der Waals surface area contributed by atoms with Gasteiger partial charge in [0.2, 0.25) is 0 Å². The zero-order valence-electron chi connectivity index (χ0n) is 23.1. The molecule has 2 aliphatic heterocycles. The van der Waals surface area contributed by atoms with Crippen molar-refractivity contribution in [1.82, 2.24) is 25.9 Å². The zero-order chi connectivity index (χ0) is 30.1. The molecule has 1 aromatic heterocycles. The number of anilines is 3. The predicted molar refractivity (Wildman–Crippen MR) is 171 cm³/mol. The Labute approximate surface area is 264 Å². The van der Waals surface area contributed by atoms with E-state index in [9.17, 15) is 9.65 Å². The molecule has 220 valence electrons. The molecule has 6 rings (SSSR count). The van der Waals surface area contributed by atoms with Gasteiger partial charge in [0.25, 0.3) is 0 Å². The molecule has 8 nitrogen and oxygen atoms in total. The molecule has 4 aromatic rings. The van der Waals surface area contributed by atoms with Gasteiger partial charge in [0.1, 0.15) is 11.9 Å². The third kappa shape index (κ3) is 6.16. The fourth-order valence-corrected chi connectivity index (χ4v) is 6.03. The minimum Gasteiger partial charge on any atom is -0.373 e. The Morgan fingerprint density at radius 3 is 2.60 bits per heavy atom. The minimum absolute atomic E-state index is 0.0342. The summed E-state index contributed by atoms with van der Waals surface area (Å²) in [6, 6.07) is 17.9. The first kappa shape index (κ1) is 29.3. The van der Waals surface area contributed by atoms with Crippen molar-refractivity contribution in [3.8, 4) is 6.07 Å². The quantitative estimate of drug-likeness (QED) is 0.159. The van der Waals surface area contributed by atoms with Crippen molar-refractivity contribution in [3.63, 3.8) is 0 Å². The number of nitrogens with one attached hydrogen (secondary N) is 4. The highest BCUT2D eigenvalue weighted by Gasteiger charge is 2.30. The Hall–Kier alpha value is -3.78. The molecule has 1 saturated heterocycles. The molecule has 0 spiro atoms. The fourth-order valence-electron chi connectivity index (χ4n) is 5.46. The topological polar surface area (TPSA) is 91.3 Å². The molecule has 0 bridgehead atoms. The molecule has 2 atom stereocenters. The highest BCUT2D eigenvalue weighted by molar-refractivity contribution is 6.36. The monoisotopic (exact) mass is 636 g/mol. The van der Waals surface area contributed by atoms with Gasteiger partial charge in [-0.05, 0) is 61.0 Å². The number of nitriles is 1. The molecule has 0 aliphatic carbocycles. The summed E-state index contributed by atoms with van der Waals surface area (Å²) in [7, 11) is 0. The van der Waals surface area contributed by atoms with Crippen LogP contribution >= 0.6 is 34.8 Å². The summed E-state index contributed by atoms with van der Waals surface area (Å²) in [5.74, 6) is -0.534. The van der Waals surface area contributed by atoms with Gasteiger partial charge in [-0.25, -0.2) is 4.39 Å². The molecule has 1 unspecified atom stereocenters. The van der Waals surface area contributed by atoms with E-state index in [-0.39, 0.29) is 11.1 Å². The second-order valence-electron chi connectivity index (χ2n) is 10.5. The summed E-state index contributed by atoms with van der Waals surface area (Å²) in [5, 5.41) is 20.5. The number of pyridine rings is 1. The van der Waals surface area contributed by atoms with E-state index in [0.717, 1.165) is 37.3 Å². The standard InChI is InChI=1S/C31H28Cl3FN8/c1-2-42-10-9-23(16-42)43-17-28(40-41-43)30(18-3-5-20(32)6-4-18)39-22-11-24-29(38-21-7-8-27(35)25(33)12-21)19(14-36)15-37-31(24)26(34)13-22/h3-8,11-13,15,17,23,30,39-41H,2,9-10,16H2,1H3,(H,37,38)/t23-,30?/m0/s1. The van der Waals surface area contributed by atoms with Crippen LogP contribution in [0.3, 0.4) is 0 Å². The largest absolute Gasteiger partial charge is 0.373 e. The molecule has 3 heterocycles. The lowest BCUT2D eigenvalue weighted by atomic mass is 10.0. The smallest absolute Gasteiger partial charge is 0.141 e. The van der Waals surface area contributed by atoms with Gasteiger partial charge in [0.15, 0.2) is 0 Å². The molecular weight excluding hydrogens is 610 g/mol. The van der Waals surface area contributed by atoms with Crippen LogP contribution < -0.4 is 21.6 Å². The number of hydrogen-bond donors (Lipinski definition) is 4. The lowest BCUT2D eigenvalue weighted by molar-refractivity contribution is 0.193. The summed E-state index contributed by atoms with van der Waals surface area (Å²) in [6.45, 7) is 5.26. The van der Waals surface area contributed by atoms with Crippen LogP contribution in [-0.2, 0) is 0 Å². The number of nitrogens with zero attached hydrogens (tertiary/aromatic N) is 4. The number of hydrazine groups is 2. The van der Waals surface area contributed by atoms with Gasteiger partial charge in [0.05, 0.1) is 44.6 Å². The summed E-state index contributed by atoms with van der Waals surface area (Å²) in [6.07, 6.45) is 4.62. The number of hydrogen-bond acceptors (Lipinski definition) is 8. The third-order valence-electron chi connectivity index (χ3n) is 7.76. The Bertz CT molecular complexity index is 1740. The van der Waals surface area contributed by atoms with Gasteiger partial charge in [-0.1, -0.05) is 53.9 Å². The Kier molecular flexibility index (Phi) is 8.48.